The third-order valence-corrected chi connectivity index (χ3v) is 6.44. The minimum atomic E-state index is 0.195. The number of allylic oxidation sites excluding steroid dienone is 1. The molecule has 1 saturated carbocycles. The Hall–Kier alpha value is -2.01. The maximum atomic E-state index is 11.6. The highest BCUT2D eigenvalue weighted by Crippen LogP contribution is 2.28. The summed E-state index contributed by atoms with van der Waals surface area (Å²) in [6.07, 6.45) is 12.5. The Morgan fingerprint density at radius 3 is 2.62 bits per heavy atom. The van der Waals surface area contributed by atoms with E-state index in [2.05, 4.69) is 27.8 Å². The number of amides is 1. The molecule has 0 aromatic carbocycles. The van der Waals surface area contributed by atoms with E-state index in [4.69, 9.17) is 4.42 Å². The van der Waals surface area contributed by atoms with Gasteiger partial charge in [-0.1, -0.05) is 25.7 Å². The van der Waals surface area contributed by atoms with Gasteiger partial charge >= 0.3 is 0 Å². The van der Waals surface area contributed by atoms with Gasteiger partial charge in [0.15, 0.2) is 5.76 Å². The lowest BCUT2D eigenvalue weighted by Crippen LogP contribution is -2.46. The van der Waals surface area contributed by atoms with Gasteiger partial charge in [0, 0.05) is 44.2 Å². The molecule has 1 N–H and O–H groups in total. The van der Waals surface area contributed by atoms with E-state index >= 15 is 0 Å². The van der Waals surface area contributed by atoms with Crippen molar-refractivity contribution in [2.75, 3.05) is 32.7 Å². The van der Waals surface area contributed by atoms with Crippen molar-refractivity contribution in [3.8, 4) is 0 Å². The molecule has 5 heteroatoms. The molecule has 2 heterocycles. The topological polar surface area (TPSA) is 48.7 Å². The highest BCUT2D eigenvalue weighted by Gasteiger charge is 2.24. The number of rotatable bonds is 8. The predicted octanol–water partition coefficient (Wildman–Crippen LogP) is 4.38. The first-order chi connectivity index (χ1) is 14.1. The summed E-state index contributed by atoms with van der Waals surface area (Å²) in [7, 11) is 0. The van der Waals surface area contributed by atoms with Gasteiger partial charge in [-0.3, -0.25) is 9.69 Å². The van der Waals surface area contributed by atoms with Crippen molar-refractivity contribution in [3.63, 3.8) is 0 Å². The Kier molecular flexibility index (Phi) is 7.99. The molecular formula is C24H37N3O2. The molecule has 1 aliphatic carbocycles. The molecule has 2 fully saturated rings. The maximum Gasteiger partial charge on any atom is 0.219 e. The average molecular weight is 400 g/mol. The van der Waals surface area contributed by atoms with Crippen molar-refractivity contribution < 1.29 is 9.21 Å². The lowest BCUT2D eigenvalue weighted by molar-refractivity contribution is -0.121. The number of carbonyl (C=O) groups is 1. The first kappa shape index (κ1) is 21.7. The Balaban J connectivity index is 1.37. The van der Waals surface area contributed by atoms with Crippen LogP contribution in [0.1, 0.15) is 63.7 Å². The summed E-state index contributed by atoms with van der Waals surface area (Å²) in [5, 5.41) is 3.16. The fourth-order valence-corrected chi connectivity index (χ4v) is 4.54. The van der Waals surface area contributed by atoms with Crippen molar-refractivity contribution in [1.29, 1.82) is 0 Å². The summed E-state index contributed by atoms with van der Waals surface area (Å²) in [6, 6.07) is 2.40. The Bertz CT molecular complexity index is 693. The molecule has 3 rings (SSSR count). The normalized spacial score (nSPS) is 23.4. The molecule has 1 saturated heterocycles. The van der Waals surface area contributed by atoms with Gasteiger partial charge in [0.2, 0.25) is 5.91 Å². The third kappa shape index (κ3) is 5.99. The summed E-state index contributed by atoms with van der Waals surface area (Å²) >= 11 is 0. The monoisotopic (exact) mass is 399 g/mol. The van der Waals surface area contributed by atoms with Gasteiger partial charge in [0.05, 0.1) is 12.0 Å². The van der Waals surface area contributed by atoms with Gasteiger partial charge in [-0.2, -0.15) is 0 Å². The van der Waals surface area contributed by atoms with Crippen LogP contribution in [0.25, 0.3) is 11.8 Å². The molecule has 5 nitrogen and oxygen atoms in total. The highest BCUT2D eigenvalue weighted by atomic mass is 16.3. The van der Waals surface area contributed by atoms with Crippen molar-refractivity contribution in [2.45, 2.75) is 58.4 Å². The van der Waals surface area contributed by atoms with Crippen LogP contribution < -0.4 is 5.32 Å². The van der Waals surface area contributed by atoms with Crippen LogP contribution in [-0.2, 0) is 4.79 Å². The zero-order valence-electron chi connectivity index (χ0n) is 18.2. The van der Waals surface area contributed by atoms with Gasteiger partial charge in [0.25, 0.3) is 0 Å². The van der Waals surface area contributed by atoms with Crippen LogP contribution in [0.3, 0.4) is 0 Å². The number of nitrogens with zero attached hydrogens (tertiary/aromatic N) is 2. The number of carbonyl (C=O) groups excluding carboxylic acids is 1. The summed E-state index contributed by atoms with van der Waals surface area (Å²) in [5.41, 5.74) is 2.10. The number of nitrogens with one attached hydrogen (secondary N) is 1. The lowest BCUT2D eigenvalue weighted by Gasteiger charge is -2.37. The second-order valence-corrected chi connectivity index (χ2v) is 8.41. The molecular weight excluding hydrogens is 362 g/mol. The molecule has 0 radical (unpaired) electrons. The molecule has 0 bridgehead atoms. The van der Waals surface area contributed by atoms with Crippen LogP contribution in [-0.4, -0.2) is 54.5 Å². The van der Waals surface area contributed by atoms with E-state index < -0.39 is 0 Å². The molecule has 0 spiro atoms. The SMILES string of the molecule is C=C(c1occc1/C=C\C)N1CCN(CCC2CCC(NC(=O)CC)CC2)CC1. The molecule has 0 unspecified atom stereocenters. The van der Waals surface area contributed by atoms with Gasteiger partial charge in [-0.15, -0.1) is 0 Å². The van der Waals surface area contributed by atoms with Gasteiger partial charge in [-0.05, 0) is 57.6 Å². The molecule has 29 heavy (non-hydrogen) atoms. The minimum Gasteiger partial charge on any atom is -0.462 e. The van der Waals surface area contributed by atoms with Crippen molar-refractivity contribution in [1.82, 2.24) is 15.1 Å². The van der Waals surface area contributed by atoms with Crippen LogP contribution in [0, 0.1) is 5.92 Å². The number of hydrogen-bond acceptors (Lipinski definition) is 4. The van der Waals surface area contributed by atoms with E-state index in [9.17, 15) is 4.79 Å². The number of hydrogen-bond donors (Lipinski definition) is 1. The Morgan fingerprint density at radius 1 is 1.24 bits per heavy atom. The van der Waals surface area contributed by atoms with Gasteiger partial charge in [0.1, 0.15) is 0 Å². The molecule has 1 aromatic rings. The zero-order valence-corrected chi connectivity index (χ0v) is 18.2. The molecule has 160 valence electrons. The van der Waals surface area contributed by atoms with E-state index in [1.165, 1.54) is 25.8 Å². The second kappa shape index (κ2) is 10.7. The quantitative estimate of drug-likeness (QED) is 0.705. The van der Waals surface area contributed by atoms with Crippen LogP contribution in [0.15, 0.2) is 29.4 Å². The average Bonchev–Trinajstić information content (AvgIpc) is 3.21. The summed E-state index contributed by atoms with van der Waals surface area (Å²) in [6.45, 7) is 13.6. The second-order valence-electron chi connectivity index (χ2n) is 8.41. The van der Waals surface area contributed by atoms with Crippen LogP contribution >= 0.6 is 0 Å². The predicted molar refractivity (Wildman–Crippen MR) is 119 cm³/mol. The third-order valence-electron chi connectivity index (χ3n) is 6.44. The molecule has 1 amide bonds. The van der Waals surface area contributed by atoms with Gasteiger partial charge < -0.3 is 14.6 Å². The van der Waals surface area contributed by atoms with E-state index in [-0.39, 0.29) is 5.91 Å². The standard InChI is InChI=1S/C24H37N3O2/c1-4-6-21-12-18-29-24(21)19(3)27-16-14-26(15-17-27)13-11-20-7-9-22(10-8-20)25-23(28)5-2/h4,6,12,18,20,22H,3,5,7-11,13-17H2,1-2H3,(H,25,28)/b6-4-. The molecule has 1 aliphatic heterocycles. The maximum absolute atomic E-state index is 11.6. The van der Waals surface area contributed by atoms with Gasteiger partial charge in [-0.25, -0.2) is 0 Å². The Morgan fingerprint density at radius 2 is 1.97 bits per heavy atom. The minimum absolute atomic E-state index is 0.195. The van der Waals surface area contributed by atoms with Crippen molar-refractivity contribution in [2.24, 2.45) is 5.92 Å². The van der Waals surface area contributed by atoms with Crippen molar-refractivity contribution in [3.05, 3.63) is 36.3 Å². The van der Waals surface area contributed by atoms with Crippen molar-refractivity contribution >= 4 is 17.7 Å². The number of piperazine rings is 1. The van der Waals surface area contributed by atoms with E-state index in [1.54, 1.807) is 6.26 Å². The fraction of sp³-hybridized carbons (Fsp3) is 0.625. The molecule has 2 aliphatic rings. The summed E-state index contributed by atoms with van der Waals surface area (Å²) in [5.74, 6) is 1.90. The van der Waals surface area contributed by atoms with E-state index in [0.717, 1.165) is 62.0 Å². The summed E-state index contributed by atoms with van der Waals surface area (Å²) in [4.78, 5) is 16.5. The Labute approximate surface area is 175 Å². The summed E-state index contributed by atoms with van der Waals surface area (Å²) < 4.78 is 5.69. The first-order valence-electron chi connectivity index (χ1n) is 11.3. The van der Waals surface area contributed by atoms with E-state index in [1.807, 2.05) is 26.0 Å². The first-order valence-corrected chi connectivity index (χ1v) is 11.3. The lowest BCUT2D eigenvalue weighted by atomic mass is 9.84. The van der Waals surface area contributed by atoms with Crippen LogP contribution in [0.5, 0.6) is 0 Å². The van der Waals surface area contributed by atoms with E-state index in [0.29, 0.717) is 12.5 Å². The van der Waals surface area contributed by atoms with Crippen LogP contribution in [0.4, 0.5) is 0 Å². The number of furan rings is 1. The fourth-order valence-electron chi connectivity index (χ4n) is 4.54. The largest absolute Gasteiger partial charge is 0.462 e. The smallest absolute Gasteiger partial charge is 0.219 e. The highest BCUT2D eigenvalue weighted by molar-refractivity contribution is 5.75. The molecule has 1 aromatic heterocycles. The van der Waals surface area contributed by atoms with Crippen LogP contribution in [0.2, 0.25) is 0 Å². The molecule has 0 atom stereocenters. The zero-order chi connectivity index (χ0) is 20.6.